The number of urea groups is 1. The van der Waals surface area contributed by atoms with E-state index in [0.29, 0.717) is 13.0 Å². The summed E-state index contributed by atoms with van der Waals surface area (Å²) in [5.41, 5.74) is 1.88. The van der Waals surface area contributed by atoms with E-state index >= 15 is 0 Å². The number of carbonyl (C=O) groups excluding carboxylic acids is 3. The highest BCUT2D eigenvalue weighted by atomic mass is 32.1. The SMILES string of the molecule is COc1ccc(-c2csc(CCNC(=O)[C@H]3CCC(=O)NC(=O)N3)n2)cc1. The molecule has 1 aromatic heterocycles. The maximum absolute atomic E-state index is 12.2. The molecule has 1 aromatic carbocycles. The zero-order valence-electron chi connectivity index (χ0n) is 14.8. The lowest BCUT2D eigenvalue weighted by molar-refractivity contribution is -0.123. The third kappa shape index (κ3) is 5.04. The number of nitrogens with one attached hydrogen (secondary N) is 3. The fourth-order valence-corrected chi connectivity index (χ4v) is 3.47. The molecule has 4 amide bonds. The van der Waals surface area contributed by atoms with Crippen LogP contribution in [-0.2, 0) is 16.0 Å². The number of ether oxygens (including phenoxy) is 1. The Kier molecular flexibility index (Phi) is 6.02. The van der Waals surface area contributed by atoms with Crippen molar-refractivity contribution in [2.75, 3.05) is 13.7 Å². The van der Waals surface area contributed by atoms with Gasteiger partial charge in [0.25, 0.3) is 0 Å². The summed E-state index contributed by atoms with van der Waals surface area (Å²) < 4.78 is 5.15. The molecule has 0 aliphatic carbocycles. The molecule has 0 saturated carbocycles. The quantitative estimate of drug-likeness (QED) is 0.694. The Labute approximate surface area is 160 Å². The molecule has 142 valence electrons. The molecule has 3 N–H and O–H groups in total. The van der Waals surface area contributed by atoms with Crippen LogP contribution in [-0.4, -0.2) is 42.5 Å². The first-order chi connectivity index (χ1) is 13.0. The van der Waals surface area contributed by atoms with E-state index < -0.39 is 12.1 Å². The number of aromatic nitrogens is 1. The second-order valence-corrected chi connectivity index (χ2v) is 6.95. The summed E-state index contributed by atoms with van der Waals surface area (Å²) in [6.07, 6.45) is 1.00. The van der Waals surface area contributed by atoms with Crippen LogP contribution in [0.25, 0.3) is 11.3 Å². The molecule has 1 fully saturated rings. The van der Waals surface area contributed by atoms with Crippen molar-refractivity contribution in [1.82, 2.24) is 20.9 Å². The van der Waals surface area contributed by atoms with Crippen molar-refractivity contribution in [3.05, 3.63) is 34.7 Å². The first kappa shape index (κ1) is 18.8. The van der Waals surface area contributed by atoms with Crippen LogP contribution in [0, 0.1) is 0 Å². The predicted octanol–water partition coefficient (Wildman–Crippen LogP) is 1.47. The number of benzene rings is 1. The van der Waals surface area contributed by atoms with Gasteiger partial charge in [0, 0.05) is 30.3 Å². The Bertz CT molecular complexity index is 834. The highest BCUT2D eigenvalue weighted by molar-refractivity contribution is 7.09. The van der Waals surface area contributed by atoms with Gasteiger partial charge in [0.15, 0.2) is 0 Å². The van der Waals surface area contributed by atoms with Crippen molar-refractivity contribution in [3.63, 3.8) is 0 Å². The second-order valence-electron chi connectivity index (χ2n) is 6.01. The maximum atomic E-state index is 12.2. The summed E-state index contributed by atoms with van der Waals surface area (Å²) in [5, 5.41) is 10.3. The molecule has 27 heavy (non-hydrogen) atoms. The van der Waals surface area contributed by atoms with Crippen molar-refractivity contribution in [2.24, 2.45) is 0 Å². The minimum absolute atomic E-state index is 0.133. The molecule has 9 heteroatoms. The van der Waals surface area contributed by atoms with Crippen LogP contribution in [0.1, 0.15) is 17.8 Å². The average molecular weight is 388 g/mol. The molecule has 0 spiro atoms. The van der Waals surface area contributed by atoms with Gasteiger partial charge in [0.1, 0.15) is 11.8 Å². The number of nitrogens with zero attached hydrogens (tertiary/aromatic N) is 1. The molecule has 1 aliphatic rings. The summed E-state index contributed by atoms with van der Waals surface area (Å²) in [4.78, 5) is 39.5. The lowest BCUT2D eigenvalue weighted by Crippen LogP contribution is -2.48. The van der Waals surface area contributed by atoms with E-state index in [0.717, 1.165) is 22.0 Å². The largest absolute Gasteiger partial charge is 0.497 e. The summed E-state index contributed by atoms with van der Waals surface area (Å²) in [6.45, 7) is 0.405. The van der Waals surface area contributed by atoms with Crippen LogP contribution in [0.4, 0.5) is 4.79 Å². The number of rotatable bonds is 6. The molecule has 1 atom stereocenters. The Balaban J connectivity index is 1.50. The Hall–Kier alpha value is -2.94. The third-order valence-electron chi connectivity index (χ3n) is 4.11. The molecule has 2 aromatic rings. The van der Waals surface area contributed by atoms with Crippen molar-refractivity contribution >= 4 is 29.2 Å². The zero-order valence-corrected chi connectivity index (χ0v) is 15.6. The smallest absolute Gasteiger partial charge is 0.322 e. The number of imide groups is 1. The topological polar surface area (TPSA) is 109 Å². The minimum atomic E-state index is -0.706. The van der Waals surface area contributed by atoms with Crippen molar-refractivity contribution in [2.45, 2.75) is 25.3 Å². The van der Waals surface area contributed by atoms with E-state index in [-0.39, 0.29) is 24.7 Å². The zero-order chi connectivity index (χ0) is 19.2. The number of hydrogen-bond donors (Lipinski definition) is 3. The molecule has 1 saturated heterocycles. The van der Waals surface area contributed by atoms with E-state index in [1.807, 2.05) is 29.6 Å². The van der Waals surface area contributed by atoms with Gasteiger partial charge >= 0.3 is 6.03 Å². The average Bonchev–Trinajstić information content (AvgIpc) is 3.06. The summed E-state index contributed by atoms with van der Waals surface area (Å²) in [6, 6.07) is 6.32. The third-order valence-corrected chi connectivity index (χ3v) is 5.02. The van der Waals surface area contributed by atoms with Crippen molar-refractivity contribution in [1.29, 1.82) is 0 Å². The normalized spacial score (nSPS) is 16.9. The van der Waals surface area contributed by atoms with Crippen LogP contribution in [0.3, 0.4) is 0 Å². The van der Waals surface area contributed by atoms with E-state index in [1.54, 1.807) is 7.11 Å². The first-order valence-corrected chi connectivity index (χ1v) is 9.40. The number of thiazole rings is 1. The molecule has 0 radical (unpaired) electrons. The van der Waals surface area contributed by atoms with E-state index in [1.165, 1.54) is 11.3 Å². The number of carbonyl (C=O) groups is 3. The maximum Gasteiger partial charge on any atom is 0.322 e. The van der Waals surface area contributed by atoms with Crippen LogP contribution in [0.5, 0.6) is 5.75 Å². The van der Waals surface area contributed by atoms with Gasteiger partial charge < -0.3 is 15.4 Å². The Morgan fingerprint density at radius 3 is 2.85 bits per heavy atom. The molecule has 0 unspecified atom stereocenters. The van der Waals surface area contributed by atoms with Crippen molar-refractivity contribution in [3.8, 4) is 17.0 Å². The van der Waals surface area contributed by atoms with Gasteiger partial charge in [-0.3, -0.25) is 14.9 Å². The molecule has 3 rings (SSSR count). The van der Waals surface area contributed by atoms with E-state index in [4.69, 9.17) is 4.74 Å². The summed E-state index contributed by atoms with van der Waals surface area (Å²) >= 11 is 1.53. The first-order valence-electron chi connectivity index (χ1n) is 8.52. The number of methoxy groups -OCH3 is 1. The lowest BCUT2D eigenvalue weighted by atomic mass is 10.1. The minimum Gasteiger partial charge on any atom is -0.497 e. The Morgan fingerprint density at radius 2 is 2.11 bits per heavy atom. The van der Waals surface area contributed by atoms with Gasteiger partial charge in [-0.05, 0) is 30.7 Å². The van der Waals surface area contributed by atoms with Crippen LogP contribution < -0.4 is 20.7 Å². The highest BCUT2D eigenvalue weighted by Gasteiger charge is 2.25. The van der Waals surface area contributed by atoms with E-state index in [9.17, 15) is 14.4 Å². The molecular weight excluding hydrogens is 368 g/mol. The Morgan fingerprint density at radius 1 is 1.33 bits per heavy atom. The summed E-state index contributed by atoms with van der Waals surface area (Å²) in [7, 11) is 1.62. The van der Waals surface area contributed by atoms with Crippen LogP contribution in [0.15, 0.2) is 29.6 Å². The van der Waals surface area contributed by atoms with Gasteiger partial charge in [0.05, 0.1) is 17.8 Å². The molecule has 2 heterocycles. The fraction of sp³-hybridized carbons (Fsp3) is 0.333. The van der Waals surface area contributed by atoms with Crippen LogP contribution in [0.2, 0.25) is 0 Å². The van der Waals surface area contributed by atoms with Crippen molar-refractivity contribution < 1.29 is 19.1 Å². The van der Waals surface area contributed by atoms with E-state index in [2.05, 4.69) is 20.9 Å². The molecule has 0 bridgehead atoms. The van der Waals surface area contributed by atoms with Gasteiger partial charge in [-0.2, -0.15) is 0 Å². The van der Waals surface area contributed by atoms with Crippen LogP contribution >= 0.6 is 11.3 Å². The number of hydrogen-bond acceptors (Lipinski definition) is 6. The van der Waals surface area contributed by atoms with Gasteiger partial charge in [-0.1, -0.05) is 0 Å². The number of amides is 4. The van der Waals surface area contributed by atoms with Gasteiger partial charge in [-0.15, -0.1) is 11.3 Å². The lowest BCUT2D eigenvalue weighted by Gasteiger charge is -2.14. The van der Waals surface area contributed by atoms with Gasteiger partial charge in [-0.25, -0.2) is 9.78 Å². The predicted molar refractivity (Wildman–Crippen MR) is 101 cm³/mol. The highest BCUT2D eigenvalue weighted by Crippen LogP contribution is 2.24. The monoisotopic (exact) mass is 388 g/mol. The molecule has 8 nitrogen and oxygen atoms in total. The fourth-order valence-electron chi connectivity index (χ4n) is 2.66. The van der Waals surface area contributed by atoms with Gasteiger partial charge in [0.2, 0.25) is 11.8 Å². The standard InChI is InChI=1S/C18H20N4O4S/c1-26-12-4-2-11(3-5-12)14-10-27-16(20-14)8-9-19-17(24)13-6-7-15(23)22-18(25)21-13/h2-5,10,13H,6-9H2,1H3,(H,19,24)(H2,21,22,23,25)/t13-/m1/s1. The second kappa shape index (κ2) is 8.63. The summed E-state index contributed by atoms with van der Waals surface area (Å²) in [5.74, 6) is 0.114. The molecule has 1 aliphatic heterocycles. The molecular formula is C18H20N4O4S.